The average Bonchev–Trinajstić information content (AvgIpc) is 3.84. The predicted molar refractivity (Wildman–Crippen MR) is 235 cm³/mol. The lowest BCUT2D eigenvalue weighted by atomic mass is 9.92. The van der Waals surface area contributed by atoms with Crippen LogP contribution < -0.4 is 5.32 Å². The van der Waals surface area contributed by atoms with Crippen LogP contribution in [0.15, 0.2) is 201 Å². The van der Waals surface area contributed by atoms with Crippen molar-refractivity contribution < 1.29 is 4.42 Å². The molecule has 12 rings (SSSR count). The summed E-state index contributed by atoms with van der Waals surface area (Å²) in [5.74, 6) is 0.850. The lowest BCUT2D eigenvalue weighted by Crippen LogP contribution is -2.32. The lowest BCUT2D eigenvalue weighted by molar-refractivity contribution is 0.669. The highest BCUT2D eigenvalue weighted by molar-refractivity contribution is 8.03. The summed E-state index contributed by atoms with van der Waals surface area (Å²) in [7, 11) is 0. The number of hydrogen-bond donors (Lipinski definition) is 1. The highest BCUT2D eigenvalue weighted by atomic mass is 32.2. The molecule has 0 saturated heterocycles. The van der Waals surface area contributed by atoms with Crippen LogP contribution in [0.1, 0.15) is 22.7 Å². The first-order valence-corrected chi connectivity index (χ1v) is 19.9. The molecule has 56 heavy (non-hydrogen) atoms. The zero-order valence-electron chi connectivity index (χ0n) is 30.2. The van der Waals surface area contributed by atoms with Gasteiger partial charge in [0.15, 0.2) is 0 Å². The maximum absolute atomic E-state index is 6.62. The fraction of sp³-hybridized carbons (Fsp3) is 0.0192. The molecule has 0 saturated carbocycles. The number of fused-ring (bicyclic) bond motifs is 12. The molecular formula is C52H32N2OS. The maximum Gasteiger partial charge on any atom is 0.136 e. The van der Waals surface area contributed by atoms with E-state index in [2.05, 4.69) is 187 Å². The Morgan fingerprint density at radius 1 is 0.446 bits per heavy atom. The molecule has 0 spiro atoms. The molecule has 0 amide bonds. The molecule has 0 fully saturated rings. The quantitative estimate of drug-likeness (QED) is 0.183. The molecule has 1 unspecified atom stereocenters. The second-order valence-corrected chi connectivity index (χ2v) is 15.8. The van der Waals surface area contributed by atoms with E-state index in [0.717, 1.165) is 55.7 Å². The van der Waals surface area contributed by atoms with E-state index in [1.165, 1.54) is 58.8 Å². The molecule has 0 aliphatic carbocycles. The van der Waals surface area contributed by atoms with Crippen LogP contribution in [0.25, 0.3) is 82.2 Å². The second kappa shape index (κ2) is 12.3. The van der Waals surface area contributed by atoms with Crippen LogP contribution in [0.2, 0.25) is 0 Å². The van der Waals surface area contributed by atoms with Gasteiger partial charge in [-0.05, 0) is 90.5 Å². The minimum absolute atomic E-state index is 0.0124. The SMILES string of the molecule is c1ccc(-c2ccc(-c3ccc4c(c3)oc3cccc(C5=NC(c6ccc7c8ccccc8c8ccccc8c7c6)=C6Sc7ccccc7C6N5)c34)cc2)cc1. The number of thioether (sulfide) groups is 1. The summed E-state index contributed by atoms with van der Waals surface area (Å²) < 4.78 is 6.62. The molecule has 1 N–H and O–H groups in total. The number of amidine groups is 1. The lowest BCUT2D eigenvalue weighted by Gasteiger charge is -2.26. The highest BCUT2D eigenvalue weighted by Crippen LogP contribution is 2.53. The Bertz CT molecular complexity index is 3270. The molecule has 10 aromatic rings. The summed E-state index contributed by atoms with van der Waals surface area (Å²) in [5.41, 5.74) is 10.8. The third-order valence-electron chi connectivity index (χ3n) is 11.5. The van der Waals surface area contributed by atoms with Crippen LogP contribution in [0.5, 0.6) is 0 Å². The number of aliphatic imine (C=N–C) groups is 1. The first-order chi connectivity index (χ1) is 27.7. The number of nitrogens with zero attached hydrogens (tertiary/aromatic N) is 1. The van der Waals surface area contributed by atoms with Crippen molar-refractivity contribution in [3.05, 3.63) is 204 Å². The van der Waals surface area contributed by atoms with Gasteiger partial charge in [0.2, 0.25) is 0 Å². The van der Waals surface area contributed by atoms with Gasteiger partial charge in [0.05, 0.1) is 11.7 Å². The van der Waals surface area contributed by atoms with Gasteiger partial charge in [-0.15, -0.1) is 0 Å². The summed E-state index contributed by atoms with van der Waals surface area (Å²) in [6, 6.07) is 65.4. The molecule has 1 atom stereocenters. The van der Waals surface area contributed by atoms with Gasteiger partial charge in [0, 0.05) is 31.7 Å². The molecule has 4 heteroatoms. The van der Waals surface area contributed by atoms with E-state index in [4.69, 9.17) is 9.41 Å². The minimum Gasteiger partial charge on any atom is -0.456 e. The Kier molecular flexibility index (Phi) is 6.92. The summed E-state index contributed by atoms with van der Waals surface area (Å²) in [5, 5.41) is 13.6. The molecule has 2 aliphatic rings. The van der Waals surface area contributed by atoms with Gasteiger partial charge >= 0.3 is 0 Å². The topological polar surface area (TPSA) is 37.5 Å². The zero-order chi connectivity index (χ0) is 36.7. The molecule has 9 aromatic carbocycles. The largest absolute Gasteiger partial charge is 0.456 e. The molecule has 262 valence electrons. The third kappa shape index (κ3) is 4.83. The molecule has 3 nitrogen and oxygen atoms in total. The summed E-state index contributed by atoms with van der Waals surface area (Å²) in [6.07, 6.45) is 0. The van der Waals surface area contributed by atoms with Gasteiger partial charge in [0.25, 0.3) is 0 Å². The number of rotatable bonds is 4. The van der Waals surface area contributed by atoms with E-state index >= 15 is 0 Å². The van der Waals surface area contributed by atoms with Crippen LogP contribution >= 0.6 is 11.8 Å². The smallest absolute Gasteiger partial charge is 0.136 e. The average molecular weight is 733 g/mol. The molecule has 2 aliphatic heterocycles. The first kappa shape index (κ1) is 31.5. The van der Waals surface area contributed by atoms with Crippen molar-refractivity contribution in [3.8, 4) is 22.3 Å². The first-order valence-electron chi connectivity index (χ1n) is 19.1. The monoisotopic (exact) mass is 732 g/mol. The van der Waals surface area contributed by atoms with Crippen molar-refractivity contribution in [2.24, 2.45) is 4.99 Å². The molecule has 0 radical (unpaired) electrons. The molecular weight excluding hydrogens is 701 g/mol. The van der Waals surface area contributed by atoms with Gasteiger partial charge in [-0.2, -0.15) is 0 Å². The standard InChI is InChI=1S/C52H32N2OS/c1-2-11-31(12-3-1)32-21-23-33(24-22-32)34-25-28-41-46(30-34)55-45-19-10-18-43(48(41)45)52-53-49(51-50(54-52)42-17-8-9-20-47(42)56-51)35-26-27-40-38-15-5-4-13-36(38)37-14-6-7-16-39(37)44(40)29-35/h1-30,50H,(H,53,54). The zero-order valence-corrected chi connectivity index (χ0v) is 31.0. The van der Waals surface area contributed by atoms with Gasteiger partial charge in [-0.1, -0.05) is 163 Å². The third-order valence-corrected chi connectivity index (χ3v) is 12.8. The second-order valence-electron chi connectivity index (χ2n) is 14.7. The number of nitrogens with one attached hydrogen (secondary N) is 1. The van der Waals surface area contributed by atoms with Crippen molar-refractivity contribution in [1.82, 2.24) is 5.32 Å². The van der Waals surface area contributed by atoms with E-state index in [0.29, 0.717) is 0 Å². The van der Waals surface area contributed by atoms with Crippen molar-refractivity contribution in [2.75, 3.05) is 0 Å². The van der Waals surface area contributed by atoms with Crippen molar-refractivity contribution in [2.45, 2.75) is 10.9 Å². The highest BCUT2D eigenvalue weighted by Gasteiger charge is 2.35. The van der Waals surface area contributed by atoms with E-state index in [9.17, 15) is 0 Å². The summed E-state index contributed by atoms with van der Waals surface area (Å²) in [6.45, 7) is 0. The van der Waals surface area contributed by atoms with E-state index in [-0.39, 0.29) is 6.04 Å². The van der Waals surface area contributed by atoms with Crippen molar-refractivity contribution in [3.63, 3.8) is 0 Å². The molecule has 3 heterocycles. The molecule has 0 bridgehead atoms. The predicted octanol–water partition coefficient (Wildman–Crippen LogP) is 13.9. The Balaban J connectivity index is 1.01. The Morgan fingerprint density at radius 2 is 1.04 bits per heavy atom. The van der Waals surface area contributed by atoms with E-state index in [1.54, 1.807) is 0 Å². The Morgan fingerprint density at radius 3 is 1.80 bits per heavy atom. The van der Waals surface area contributed by atoms with Crippen LogP contribution in [0, 0.1) is 0 Å². The van der Waals surface area contributed by atoms with Gasteiger partial charge < -0.3 is 9.73 Å². The normalized spacial score (nSPS) is 15.1. The number of furan rings is 1. The van der Waals surface area contributed by atoms with Gasteiger partial charge in [-0.25, -0.2) is 4.99 Å². The minimum atomic E-state index is -0.0124. The van der Waals surface area contributed by atoms with Gasteiger partial charge in [0.1, 0.15) is 17.0 Å². The van der Waals surface area contributed by atoms with Crippen LogP contribution in [-0.2, 0) is 0 Å². The fourth-order valence-electron chi connectivity index (χ4n) is 8.88. The van der Waals surface area contributed by atoms with Crippen LogP contribution in [0.4, 0.5) is 0 Å². The van der Waals surface area contributed by atoms with E-state index < -0.39 is 0 Å². The van der Waals surface area contributed by atoms with E-state index in [1.807, 2.05) is 11.8 Å². The number of hydrogen-bond acceptors (Lipinski definition) is 4. The maximum atomic E-state index is 6.62. The van der Waals surface area contributed by atoms with Gasteiger partial charge in [-0.3, -0.25) is 0 Å². The fourth-order valence-corrected chi connectivity index (χ4v) is 10.1. The summed E-state index contributed by atoms with van der Waals surface area (Å²) in [4.78, 5) is 8.05. The van der Waals surface area contributed by atoms with Crippen molar-refractivity contribution in [1.29, 1.82) is 0 Å². The Hall–Kier alpha value is -6.88. The molecule has 1 aromatic heterocycles. The van der Waals surface area contributed by atoms with Crippen LogP contribution in [0.3, 0.4) is 0 Å². The Labute approximate surface area is 327 Å². The summed E-state index contributed by atoms with van der Waals surface area (Å²) >= 11 is 1.83. The number of benzene rings is 9. The van der Waals surface area contributed by atoms with Crippen LogP contribution in [-0.4, -0.2) is 5.84 Å². The van der Waals surface area contributed by atoms with Crippen molar-refractivity contribution >= 4 is 77.6 Å².